The third kappa shape index (κ3) is 4.12. The van der Waals surface area contributed by atoms with Crippen LogP contribution in [0.15, 0.2) is 53.1 Å². The summed E-state index contributed by atoms with van der Waals surface area (Å²) >= 11 is 0. The number of nitrogens with zero attached hydrogens (tertiary/aromatic N) is 4. The van der Waals surface area contributed by atoms with E-state index in [1.54, 1.807) is 7.11 Å². The Morgan fingerprint density at radius 3 is 2.66 bits per heavy atom. The van der Waals surface area contributed by atoms with Crippen LogP contribution in [0.2, 0.25) is 0 Å². The van der Waals surface area contributed by atoms with Gasteiger partial charge in [0.2, 0.25) is 11.7 Å². The lowest BCUT2D eigenvalue weighted by Gasteiger charge is -2.37. The molecule has 0 radical (unpaired) electrons. The van der Waals surface area contributed by atoms with Crippen LogP contribution in [0.4, 0.5) is 5.69 Å². The maximum atomic E-state index is 13.1. The highest BCUT2D eigenvalue weighted by Crippen LogP contribution is 2.34. The molecule has 8 heteroatoms. The topological polar surface area (TPSA) is 80.9 Å². The van der Waals surface area contributed by atoms with Gasteiger partial charge in [0, 0.05) is 18.7 Å². The summed E-state index contributed by atoms with van der Waals surface area (Å²) in [5.74, 6) is 2.52. The number of rotatable bonds is 5. The second kappa shape index (κ2) is 8.90. The molecule has 3 aromatic rings. The SMILES string of the molecule is COc1ccc(-c2noc(CN3C[C@@H](C(=O)N4CCCCC4)Oc4ccccc43)n2)cc1. The number of hydrogen-bond donors (Lipinski definition) is 0. The molecule has 166 valence electrons. The Balaban J connectivity index is 1.35. The summed E-state index contributed by atoms with van der Waals surface area (Å²) in [5.41, 5.74) is 1.76. The number of para-hydroxylation sites is 2. The van der Waals surface area contributed by atoms with Crippen LogP contribution in [-0.4, -0.2) is 53.8 Å². The van der Waals surface area contributed by atoms with Gasteiger partial charge in [-0.15, -0.1) is 0 Å². The monoisotopic (exact) mass is 434 g/mol. The van der Waals surface area contributed by atoms with Crippen molar-refractivity contribution in [1.82, 2.24) is 15.0 Å². The molecule has 0 saturated carbocycles. The number of likely N-dealkylation sites (tertiary alicyclic amines) is 1. The molecule has 2 aromatic carbocycles. The van der Waals surface area contributed by atoms with Gasteiger partial charge in [-0.2, -0.15) is 4.98 Å². The van der Waals surface area contributed by atoms with Gasteiger partial charge in [-0.25, -0.2) is 0 Å². The highest BCUT2D eigenvalue weighted by molar-refractivity contribution is 5.83. The molecule has 5 rings (SSSR count). The summed E-state index contributed by atoms with van der Waals surface area (Å²) in [6.07, 6.45) is 2.73. The van der Waals surface area contributed by atoms with Crippen molar-refractivity contribution in [3.05, 3.63) is 54.4 Å². The van der Waals surface area contributed by atoms with Crippen LogP contribution in [0.3, 0.4) is 0 Å². The number of piperidine rings is 1. The first-order valence-electron chi connectivity index (χ1n) is 11.0. The minimum Gasteiger partial charge on any atom is -0.497 e. The van der Waals surface area contributed by atoms with Crippen molar-refractivity contribution < 1.29 is 18.8 Å². The van der Waals surface area contributed by atoms with Crippen LogP contribution >= 0.6 is 0 Å². The molecule has 8 nitrogen and oxygen atoms in total. The van der Waals surface area contributed by atoms with Gasteiger partial charge in [-0.05, 0) is 55.7 Å². The Hall–Kier alpha value is -3.55. The van der Waals surface area contributed by atoms with E-state index >= 15 is 0 Å². The van der Waals surface area contributed by atoms with Crippen molar-refractivity contribution >= 4 is 11.6 Å². The zero-order valence-electron chi connectivity index (χ0n) is 18.1. The molecule has 1 amide bonds. The van der Waals surface area contributed by atoms with E-state index in [1.165, 1.54) is 6.42 Å². The fourth-order valence-corrected chi connectivity index (χ4v) is 4.24. The zero-order valence-corrected chi connectivity index (χ0v) is 18.1. The summed E-state index contributed by atoms with van der Waals surface area (Å²) in [4.78, 5) is 21.7. The fourth-order valence-electron chi connectivity index (χ4n) is 4.24. The molecule has 2 aliphatic heterocycles. The highest BCUT2D eigenvalue weighted by Gasteiger charge is 2.34. The summed E-state index contributed by atoms with van der Waals surface area (Å²) in [7, 11) is 1.63. The molecule has 1 aromatic heterocycles. The van der Waals surface area contributed by atoms with Gasteiger partial charge in [0.1, 0.15) is 11.5 Å². The van der Waals surface area contributed by atoms with Crippen LogP contribution in [0.1, 0.15) is 25.2 Å². The quantitative estimate of drug-likeness (QED) is 0.608. The van der Waals surface area contributed by atoms with E-state index in [4.69, 9.17) is 14.0 Å². The number of fused-ring (bicyclic) bond motifs is 1. The number of carbonyl (C=O) groups excluding carboxylic acids is 1. The molecular weight excluding hydrogens is 408 g/mol. The largest absolute Gasteiger partial charge is 0.497 e. The number of carbonyl (C=O) groups is 1. The number of amides is 1. The molecule has 2 aliphatic rings. The summed E-state index contributed by atoms with van der Waals surface area (Å²) < 4.78 is 16.8. The number of benzene rings is 2. The predicted molar refractivity (Wildman–Crippen MR) is 119 cm³/mol. The molecule has 0 unspecified atom stereocenters. The molecule has 1 fully saturated rings. The number of hydrogen-bond acceptors (Lipinski definition) is 7. The first-order valence-corrected chi connectivity index (χ1v) is 11.0. The third-order valence-corrected chi connectivity index (χ3v) is 5.95. The lowest BCUT2D eigenvalue weighted by Crippen LogP contribution is -2.51. The standard InChI is InChI=1S/C24H26N4O4/c1-30-18-11-9-17(10-12-18)23-25-22(32-26-23)16-28-15-21(24(29)27-13-5-2-6-14-27)31-20-8-4-3-7-19(20)28/h3-4,7-12,21H,2,5-6,13-16H2,1H3/t21-/m0/s1. The lowest BCUT2D eigenvalue weighted by molar-refractivity contribution is -0.139. The number of aromatic nitrogens is 2. The number of anilines is 1. The van der Waals surface area contributed by atoms with Crippen molar-refractivity contribution in [2.24, 2.45) is 0 Å². The molecule has 0 bridgehead atoms. The summed E-state index contributed by atoms with van der Waals surface area (Å²) in [6.45, 7) is 2.43. The van der Waals surface area contributed by atoms with Gasteiger partial charge in [0.15, 0.2) is 6.10 Å². The van der Waals surface area contributed by atoms with E-state index in [0.29, 0.717) is 30.6 Å². The Bertz CT molecular complexity index is 1080. The maximum Gasteiger partial charge on any atom is 0.265 e. The van der Waals surface area contributed by atoms with Gasteiger partial charge in [-0.3, -0.25) is 4.79 Å². The molecule has 0 N–H and O–H groups in total. The van der Waals surface area contributed by atoms with E-state index in [0.717, 1.165) is 42.9 Å². The second-order valence-corrected chi connectivity index (χ2v) is 8.08. The van der Waals surface area contributed by atoms with Crippen LogP contribution in [0, 0.1) is 0 Å². The summed E-state index contributed by atoms with van der Waals surface area (Å²) in [5, 5.41) is 4.13. The number of methoxy groups -OCH3 is 1. The highest BCUT2D eigenvalue weighted by atomic mass is 16.5. The molecule has 32 heavy (non-hydrogen) atoms. The van der Waals surface area contributed by atoms with Crippen molar-refractivity contribution in [1.29, 1.82) is 0 Å². The first kappa shape index (κ1) is 20.4. The molecule has 1 saturated heterocycles. The van der Waals surface area contributed by atoms with Crippen molar-refractivity contribution in [2.45, 2.75) is 31.9 Å². The van der Waals surface area contributed by atoms with Gasteiger partial charge in [0.05, 0.1) is 25.9 Å². The zero-order chi connectivity index (χ0) is 21.9. The van der Waals surface area contributed by atoms with Gasteiger partial charge < -0.3 is 23.8 Å². The van der Waals surface area contributed by atoms with E-state index in [1.807, 2.05) is 53.4 Å². The molecule has 3 heterocycles. The lowest BCUT2D eigenvalue weighted by atomic mass is 10.1. The summed E-state index contributed by atoms with van der Waals surface area (Å²) in [6, 6.07) is 15.3. The van der Waals surface area contributed by atoms with Gasteiger partial charge >= 0.3 is 0 Å². The third-order valence-electron chi connectivity index (χ3n) is 5.95. The van der Waals surface area contributed by atoms with E-state index < -0.39 is 6.10 Å². The van der Waals surface area contributed by atoms with E-state index in [-0.39, 0.29) is 5.91 Å². The average Bonchev–Trinajstić information content (AvgIpc) is 3.32. The second-order valence-electron chi connectivity index (χ2n) is 8.08. The minimum atomic E-state index is -0.549. The van der Waals surface area contributed by atoms with Crippen molar-refractivity contribution in [3.8, 4) is 22.9 Å². The minimum absolute atomic E-state index is 0.0497. The van der Waals surface area contributed by atoms with E-state index in [2.05, 4.69) is 15.0 Å². The predicted octanol–water partition coefficient (Wildman–Crippen LogP) is 3.53. The average molecular weight is 434 g/mol. The smallest absolute Gasteiger partial charge is 0.265 e. The van der Waals surface area contributed by atoms with Crippen LogP contribution in [0.25, 0.3) is 11.4 Å². The van der Waals surface area contributed by atoms with Gasteiger partial charge in [0.25, 0.3) is 5.91 Å². The normalized spacial score (nSPS) is 18.1. The fraction of sp³-hybridized carbons (Fsp3) is 0.375. The van der Waals surface area contributed by atoms with Crippen molar-refractivity contribution in [3.63, 3.8) is 0 Å². The van der Waals surface area contributed by atoms with Crippen LogP contribution in [-0.2, 0) is 11.3 Å². The Labute approximate surface area is 186 Å². The maximum absolute atomic E-state index is 13.1. The first-order chi connectivity index (χ1) is 15.7. The van der Waals surface area contributed by atoms with Crippen LogP contribution in [0.5, 0.6) is 11.5 Å². The van der Waals surface area contributed by atoms with E-state index in [9.17, 15) is 4.79 Å². The molecular formula is C24H26N4O4. The Kier molecular flexibility index (Phi) is 5.66. The molecule has 0 aliphatic carbocycles. The Morgan fingerprint density at radius 2 is 1.88 bits per heavy atom. The van der Waals surface area contributed by atoms with Crippen LogP contribution < -0.4 is 14.4 Å². The number of ether oxygens (including phenoxy) is 2. The molecule has 0 spiro atoms. The molecule has 1 atom stereocenters. The Morgan fingerprint density at radius 1 is 1.09 bits per heavy atom. The van der Waals surface area contributed by atoms with Crippen molar-refractivity contribution in [2.75, 3.05) is 31.6 Å². The van der Waals surface area contributed by atoms with Gasteiger partial charge in [-0.1, -0.05) is 17.3 Å².